The Balaban J connectivity index is 2.38. The number of fused-ring (bicyclic) bond motifs is 1. The molecule has 1 N–H and O–H groups in total. The van der Waals surface area contributed by atoms with Gasteiger partial charge in [0.2, 0.25) is 5.52 Å². The van der Waals surface area contributed by atoms with E-state index in [4.69, 9.17) is 5.11 Å². The fourth-order valence-electron chi connectivity index (χ4n) is 1.53. The molecule has 1 aromatic carbocycles. The van der Waals surface area contributed by atoms with Crippen LogP contribution in [0.2, 0.25) is 0 Å². The molecule has 1 heterocycles. The van der Waals surface area contributed by atoms with Gasteiger partial charge in [0, 0.05) is 22.8 Å². The smallest absolute Gasteiger partial charge is 0.300 e. The van der Waals surface area contributed by atoms with Gasteiger partial charge in [-0.05, 0) is 22.8 Å². The Morgan fingerprint density at radius 1 is 1.50 bits per heavy atom. The Hall–Kier alpha value is -1.67. The lowest BCUT2D eigenvalue weighted by Gasteiger charge is -2.08. The first-order valence-corrected chi connectivity index (χ1v) is 6.18. The van der Waals surface area contributed by atoms with E-state index >= 15 is 0 Å². The molecule has 0 spiro atoms. The van der Waals surface area contributed by atoms with E-state index in [1.807, 2.05) is 6.92 Å². The first-order valence-electron chi connectivity index (χ1n) is 5.30. The molecule has 2 aromatic rings. The number of nitro benzene ring substituents is 1. The second-order valence-electron chi connectivity index (χ2n) is 3.74. The first-order chi connectivity index (χ1) is 8.63. The second-order valence-corrected chi connectivity index (χ2v) is 5.22. The monoisotopic (exact) mass is 269 g/mol. The molecule has 8 heteroatoms. The minimum Gasteiger partial charge on any atom is -0.396 e. The number of nitro groups is 1. The van der Waals surface area contributed by atoms with Crippen LogP contribution >= 0.6 is 11.8 Å². The number of benzene rings is 1. The van der Waals surface area contributed by atoms with Gasteiger partial charge in [0.1, 0.15) is 0 Å². The van der Waals surface area contributed by atoms with Crippen molar-refractivity contribution in [2.45, 2.75) is 23.5 Å². The van der Waals surface area contributed by atoms with Crippen LogP contribution in [0.4, 0.5) is 5.69 Å². The average molecular weight is 269 g/mol. The minimum absolute atomic E-state index is 0.0986. The normalized spacial score (nSPS) is 12.8. The first kappa shape index (κ1) is 12.8. The van der Waals surface area contributed by atoms with Crippen molar-refractivity contribution in [3.63, 3.8) is 0 Å². The largest absolute Gasteiger partial charge is 0.396 e. The maximum absolute atomic E-state index is 10.8. The maximum Gasteiger partial charge on any atom is 0.300 e. The van der Waals surface area contributed by atoms with Crippen molar-refractivity contribution in [3.05, 3.63) is 22.2 Å². The molecular formula is C10H11N3O4S. The maximum atomic E-state index is 10.8. The lowest BCUT2D eigenvalue weighted by molar-refractivity contribution is -0.383. The average Bonchev–Trinajstić information content (AvgIpc) is 2.78. The molecule has 18 heavy (non-hydrogen) atoms. The zero-order chi connectivity index (χ0) is 13.1. The van der Waals surface area contributed by atoms with E-state index in [0.29, 0.717) is 11.9 Å². The molecule has 0 saturated carbocycles. The summed E-state index contributed by atoms with van der Waals surface area (Å²) >= 11 is 1.48. The van der Waals surface area contributed by atoms with Gasteiger partial charge in [-0.3, -0.25) is 10.1 Å². The molecule has 0 radical (unpaired) electrons. The lowest BCUT2D eigenvalue weighted by atomic mass is 10.3. The summed E-state index contributed by atoms with van der Waals surface area (Å²) in [4.78, 5) is 11.1. The highest BCUT2D eigenvalue weighted by Crippen LogP contribution is 2.34. The third-order valence-corrected chi connectivity index (χ3v) is 3.64. The number of hydrogen-bond donors (Lipinski definition) is 1. The number of non-ortho nitro benzene ring substituents is 1. The van der Waals surface area contributed by atoms with Crippen molar-refractivity contribution in [1.82, 2.24) is 10.3 Å². The minimum atomic E-state index is -0.516. The van der Waals surface area contributed by atoms with Gasteiger partial charge in [0.25, 0.3) is 0 Å². The topological polar surface area (TPSA) is 102 Å². The van der Waals surface area contributed by atoms with Gasteiger partial charge in [-0.25, -0.2) is 4.63 Å². The van der Waals surface area contributed by atoms with Crippen LogP contribution in [-0.2, 0) is 0 Å². The summed E-state index contributed by atoms with van der Waals surface area (Å²) in [6.07, 6.45) is 0.633. The Kier molecular flexibility index (Phi) is 3.78. The second kappa shape index (κ2) is 5.32. The molecule has 1 aromatic heterocycles. The highest BCUT2D eigenvalue weighted by molar-refractivity contribution is 8.00. The zero-order valence-corrected chi connectivity index (χ0v) is 10.4. The van der Waals surface area contributed by atoms with Crippen molar-refractivity contribution in [2.75, 3.05) is 6.61 Å². The molecule has 0 aliphatic carbocycles. The van der Waals surface area contributed by atoms with Crippen LogP contribution in [-0.4, -0.2) is 32.2 Å². The molecule has 0 amide bonds. The van der Waals surface area contributed by atoms with E-state index in [9.17, 15) is 10.1 Å². The van der Waals surface area contributed by atoms with Crippen LogP contribution in [0, 0.1) is 10.1 Å². The van der Waals surface area contributed by atoms with E-state index < -0.39 is 4.92 Å². The molecule has 1 unspecified atom stereocenters. The predicted octanol–water partition coefficient (Wildman–Crippen LogP) is 1.99. The number of aromatic nitrogens is 2. The summed E-state index contributed by atoms with van der Waals surface area (Å²) in [6, 6.07) is 3.02. The summed E-state index contributed by atoms with van der Waals surface area (Å²) in [6.45, 7) is 2.06. The highest BCUT2D eigenvalue weighted by atomic mass is 32.2. The number of thioether (sulfide) groups is 1. The third kappa shape index (κ3) is 2.44. The molecule has 0 aliphatic rings. The fourth-order valence-corrected chi connectivity index (χ4v) is 2.58. The molecular weight excluding hydrogens is 258 g/mol. The van der Waals surface area contributed by atoms with Gasteiger partial charge in [0.15, 0.2) is 5.52 Å². The van der Waals surface area contributed by atoms with Gasteiger partial charge in [-0.2, -0.15) is 0 Å². The molecule has 2 rings (SSSR count). The number of nitrogens with zero attached hydrogens (tertiary/aromatic N) is 3. The van der Waals surface area contributed by atoms with Crippen molar-refractivity contribution in [2.24, 2.45) is 0 Å². The van der Waals surface area contributed by atoms with E-state index in [1.54, 1.807) is 6.07 Å². The van der Waals surface area contributed by atoms with Crippen LogP contribution in [0.15, 0.2) is 21.7 Å². The Morgan fingerprint density at radius 3 is 2.89 bits per heavy atom. The number of aliphatic hydroxyl groups is 1. The summed E-state index contributed by atoms with van der Waals surface area (Å²) in [5.74, 6) is 0. The summed E-state index contributed by atoms with van der Waals surface area (Å²) < 4.78 is 4.57. The van der Waals surface area contributed by atoms with Crippen LogP contribution < -0.4 is 0 Å². The van der Waals surface area contributed by atoms with Gasteiger partial charge in [0.05, 0.1) is 4.92 Å². The molecule has 1 atom stereocenters. The van der Waals surface area contributed by atoms with Gasteiger partial charge < -0.3 is 5.11 Å². The highest BCUT2D eigenvalue weighted by Gasteiger charge is 2.20. The Labute approximate surface area is 106 Å². The van der Waals surface area contributed by atoms with E-state index in [-0.39, 0.29) is 23.1 Å². The molecule has 0 fully saturated rings. The number of rotatable bonds is 5. The van der Waals surface area contributed by atoms with Crippen LogP contribution in [0.3, 0.4) is 0 Å². The SMILES string of the molecule is CC(CCO)Sc1ccc([N+](=O)[O-])c2nonc12. The zero-order valence-electron chi connectivity index (χ0n) is 9.57. The predicted molar refractivity (Wildman–Crippen MR) is 65.5 cm³/mol. The van der Waals surface area contributed by atoms with Gasteiger partial charge in [-0.1, -0.05) is 6.92 Å². The summed E-state index contributed by atoms with van der Waals surface area (Å²) in [5, 5.41) is 27.1. The fraction of sp³-hybridized carbons (Fsp3) is 0.400. The van der Waals surface area contributed by atoms with Gasteiger partial charge >= 0.3 is 5.69 Å². The van der Waals surface area contributed by atoms with Crippen molar-refractivity contribution < 1.29 is 14.7 Å². The quantitative estimate of drug-likeness (QED) is 0.503. The summed E-state index contributed by atoms with van der Waals surface area (Å²) in [5.41, 5.74) is 0.422. The Morgan fingerprint density at radius 2 is 2.22 bits per heavy atom. The van der Waals surface area contributed by atoms with Gasteiger partial charge in [-0.15, -0.1) is 11.8 Å². The third-order valence-electron chi connectivity index (χ3n) is 2.42. The van der Waals surface area contributed by atoms with Crippen molar-refractivity contribution in [1.29, 1.82) is 0 Å². The van der Waals surface area contributed by atoms with E-state index in [0.717, 1.165) is 4.90 Å². The summed E-state index contributed by atoms with van der Waals surface area (Å²) in [7, 11) is 0. The van der Waals surface area contributed by atoms with E-state index in [2.05, 4.69) is 14.9 Å². The molecule has 96 valence electrons. The number of aliphatic hydroxyl groups excluding tert-OH is 1. The molecule has 0 saturated heterocycles. The molecule has 0 aliphatic heterocycles. The Bertz CT molecular complexity index is 571. The molecule has 0 bridgehead atoms. The van der Waals surface area contributed by atoms with Crippen LogP contribution in [0.25, 0.3) is 11.0 Å². The number of hydrogen-bond acceptors (Lipinski definition) is 7. The molecule has 7 nitrogen and oxygen atoms in total. The standard InChI is InChI=1S/C10H11N3O4S/c1-6(4-5-14)18-8-3-2-7(13(15)16)9-10(8)12-17-11-9/h2-3,6,14H,4-5H2,1H3. The van der Waals surface area contributed by atoms with Crippen molar-refractivity contribution in [3.8, 4) is 0 Å². The van der Waals surface area contributed by atoms with Crippen LogP contribution in [0.1, 0.15) is 13.3 Å². The van der Waals surface area contributed by atoms with Crippen molar-refractivity contribution >= 4 is 28.5 Å². The van der Waals surface area contributed by atoms with E-state index in [1.165, 1.54) is 17.8 Å². The van der Waals surface area contributed by atoms with Crippen LogP contribution in [0.5, 0.6) is 0 Å². The lowest BCUT2D eigenvalue weighted by Crippen LogP contribution is -1.99.